The smallest absolute Gasteiger partial charge is 0.253 e. The van der Waals surface area contributed by atoms with Gasteiger partial charge in [0.05, 0.1) is 18.2 Å². The van der Waals surface area contributed by atoms with Gasteiger partial charge in [0.1, 0.15) is 5.82 Å². The second-order valence-electron chi connectivity index (χ2n) is 8.40. The minimum atomic E-state index is -0.187. The molecular weight excluding hydrogens is 364 g/mol. The van der Waals surface area contributed by atoms with Crippen LogP contribution in [0.3, 0.4) is 0 Å². The third kappa shape index (κ3) is 4.52. The molecule has 29 heavy (non-hydrogen) atoms. The molecule has 154 valence electrons. The van der Waals surface area contributed by atoms with Crippen molar-refractivity contribution >= 4 is 17.6 Å². The van der Waals surface area contributed by atoms with Crippen molar-refractivity contribution in [2.24, 2.45) is 5.92 Å². The van der Waals surface area contributed by atoms with Gasteiger partial charge in [0.15, 0.2) is 0 Å². The number of piperidine rings is 1. The second-order valence-corrected chi connectivity index (χ2v) is 8.40. The zero-order valence-corrected chi connectivity index (χ0v) is 17.1. The monoisotopic (exact) mass is 394 g/mol. The number of hydrogen-bond acceptors (Lipinski definition) is 3. The lowest BCUT2D eigenvalue weighted by molar-refractivity contribution is -0.121. The van der Waals surface area contributed by atoms with Crippen molar-refractivity contribution in [3.05, 3.63) is 47.7 Å². The fourth-order valence-corrected chi connectivity index (χ4v) is 4.51. The normalized spacial score (nSPS) is 20.4. The van der Waals surface area contributed by atoms with E-state index in [4.69, 9.17) is 0 Å². The molecule has 6 heteroatoms. The SMILES string of the molecule is Cc1ccc(C(=O)N2CCC[C@H](C(=O)Nc3ccnn3C3CCCCC3)C2)cc1. The lowest BCUT2D eigenvalue weighted by Crippen LogP contribution is -2.44. The Kier molecular flexibility index (Phi) is 5.97. The molecule has 1 aliphatic heterocycles. The number of aromatic nitrogens is 2. The molecule has 0 unspecified atom stereocenters. The number of benzene rings is 1. The number of nitrogens with one attached hydrogen (secondary N) is 1. The average molecular weight is 395 g/mol. The van der Waals surface area contributed by atoms with E-state index in [0.717, 1.165) is 37.1 Å². The van der Waals surface area contributed by atoms with Crippen LogP contribution in [-0.2, 0) is 4.79 Å². The zero-order chi connectivity index (χ0) is 20.2. The van der Waals surface area contributed by atoms with Crippen molar-refractivity contribution in [1.29, 1.82) is 0 Å². The van der Waals surface area contributed by atoms with Gasteiger partial charge in [-0.2, -0.15) is 5.10 Å². The van der Waals surface area contributed by atoms with Gasteiger partial charge in [0, 0.05) is 24.7 Å². The van der Waals surface area contributed by atoms with Gasteiger partial charge in [-0.05, 0) is 44.7 Å². The van der Waals surface area contributed by atoms with Crippen LogP contribution >= 0.6 is 0 Å². The maximum absolute atomic E-state index is 13.0. The van der Waals surface area contributed by atoms with Gasteiger partial charge in [0.25, 0.3) is 5.91 Å². The van der Waals surface area contributed by atoms with E-state index < -0.39 is 0 Å². The Morgan fingerprint density at radius 2 is 1.76 bits per heavy atom. The van der Waals surface area contributed by atoms with Gasteiger partial charge in [-0.25, -0.2) is 4.68 Å². The van der Waals surface area contributed by atoms with E-state index in [2.05, 4.69) is 10.4 Å². The minimum Gasteiger partial charge on any atom is -0.338 e. The van der Waals surface area contributed by atoms with E-state index in [-0.39, 0.29) is 17.7 Å². The van der Waals surface area contributed by atoms with E-state index in [0.29, 0.717) is 24.7 Å². The molecular formula is C23H30N4O2. The molecule has 0 bridgehead atoms. The number of likely N-dealkylation sites (tertiary alicyclic amines) is 1. The number of anilines is 1. The fraction of sp³-hybridized carbons (Fsp3) is 0.522. The van der Waals surface area contributed by atoms with Crippen molar-refractivity contribution in [2.45, 2.75) is 57.9 Å². The molecule has 0 spiro atoms. The summed E-state index contributed by atoms with van der Waals surface area (Å²) >= 11 is 0. The number of amides is 2. The van der Waals surface area contributed by atoms with Crippen LogP contribution in [0, 0.1) is 12.8 Å². The van der Waals surface area contributed by atoms with Crippen LogP contribution in [0.4, 0.5) is 5.82 Å². The molecule has 1 aliphatic carbocycles. The highest BCUT2D eigenvalue weighted by atomic mass is 16.2. The topological polar surface area (TPSA) is 67.2 Å². The van der Waals surface area contributed by atoms with Crippen LogP contribution < -0.4 is 5.32 Å². The molecule has 2 fully saturated rings. The number of rotatable bonds is 4. The van der Waals surface area contributed by atoms with Crippen LogP contribution in [0.5, 0.6) is 0 Å². The summed E-state index contributed by atoms with van der Waals surface area (Å²) in [5, 5.41) is 7.55. The summed E-state index contributed by atoms with van der Waals surface area (Å²) < 4.78 is 1.98. The first kappa shape index (κ1) is 19.7. The van der Waals surface area contributed by atoms with E-state index >= 15 is 0 Å². The second kappa shape index (κ2) is 8.80. The maximum Gasteiger partial charge on any atom is 0.253 e. The molecule has 2 aliphatic rings. The first-order valence-corrected chi connectivity index (χ1v) is 10.8. The lowest BCUT2D eigenvalue weighted by atomic mass is 9.95. The Balaban J connectivity index is 1.40. The van der Waals surface area contributed by atoms with Gasteiger partial charge >= 0.3 is 0 Å². The van der Waals surface area contributed by atoms with Crippen molar-refractivity contribution < 1.29 is 9.59 Å². The van der Waals surface area contributed by atoms with Crippen molar-refractivity contribution in [1.82, 2.24) is 14.7 Å². The van der Waals surface area contributed by atoms with E-state index in [1.165, 1.54) is 19.3 Å². The zero-order valence-electron chi connectivity index (χ0n) is 17.1. The average Bonchev–Trinajstić information content (AvgIpc) is 3.22. The van der Waals surface area contributed by atoms with E-state index in [1.54, 1.807) is 6.20 Å². The predicted molar refractivity (Wildman–Crippen MR) is 113 cm³/mol. The number of carbonyl (C=O) groups is 2. The Hall–Kier alpha value is -2.63. The minimum absolute atomic E-state index is 0.00903. The molecule has 1 aromatic carbocycles. The largest absolute Gasteiger partial charge is 0.338 e. The standard InChI is InChI=1S/C23H30N4O2/c1-17-9-11-18(12-10-17)23(29)26-15-5-6-19(16-26)22(28)25-21-13-14-24-27(21)20-7-3-2-4-8-20/h9-14,19-20H,2-8,15-16H2,1H3,(H,25,28)/t19-/m0/s1. The Morgan fingerprint density at radius 3 is 2.52 bits per heavy atom. The van der Waals surface area contributed by atoms with Crippen molar-refractivity contribution in [3.63, 3.8) is 0 Å². The molecule has 2 aromatic rings. The van der Waals surface area contributed by atoms with E-state index in [1.807, 2.05) is 46.8 Å². The van der Waals surface area contributed by atoms with Gasteiger partial charge in [0.2, 0.25) is 5.91 Å². The molecule has 1 atom stereocenters. The number of aryl methyl sites for hydroxylation is 1. The first-order chi connectivity index (χ1) is 14.1. The molecule has 1 N–H and O–H groups in total. The van der Waals surface area contributed by atoms with Crippen molar-refractivity contribution in [3.8, 4) is 0 Å². The van der Waals surface area contributed by atoms with Gasteiger partial charge < -0.3 is 10.2 Å². The van der Waals surface area contributed by atoms with Gasteiger partial charge in [-0.15, -0.1) is 0 Å². The van der Waals surface area contributed by atoms with Crippen LogP contribution in [0.2, 0.25) is 0 Å². The Morgan fingerprint density at radius 1 is 1.00 bits per heavy atom. The van der Waals surface area contributed by atoms with Crippen molar-refractivity contribution in [2.75, 3.05) is 18.4 Å². The fourth-order valence-electron chi connectivity index (χ4n) is 4.51. The summed E-state index contributed by atoms with van der Waals surface area (Å²) in [7, 11) is 0. The lowest BCUT2D eigenvalue weighted by Gasteiger charge is -2.32. The molecule has 2 amide bonds. The summed E-state index contributed by atoms with van der Waals surface area (Å²) in [6, 6.07) is 9.89. The highest BCUT2D eigenvalue weighted by Crippen LogP contribution is 2.30. The number of carbonyl (C=O) groups excluding carboxylic acids is 2. The summed E-state index contributed by atoms with van der Waals surface area (Å²) in [5.41, 5.74) is 1.82. The molecule has 0 radical (unpaired) electrons. The van der Waals surface area contributed by atoms with Crippen LogP contribution in [0.15, 0.2) is 36.5 Å². The summed E-state index contributed by atoms with van der Waals surface area (Å²) in [5.74, 6) is 0.593. The van der Waals surface area contributed by atoms with Gasteiger partial charge in [-0.3, -0.25) is 9.59 Å². The quantitative estimate of drug-likeness (QED) is 0.846. The molecule has 1 saturated heterocycles. The Bertz CT molecular complexity index is 852. The number of nitrogens with zero attached hydrogens (tertiary/aromatic N) is 3. The summed E-state index contributed by atoms with van der Waals surface area (Å²) in [6.07, 6.45) is 9.37. The third-order valence-corrected chi connectivity index (χ3v) is 6.22. The third-order valence-electron chi connectivity index (χ3n) is 6.22. The summed E-state index contributed by atoms with van der Waals surface area (Å²) in [6.45, 7) is 3.18. The molecule has 6 nitrogen and oxygen atoms in total. The Labute approximate surface area is 172 Å². The van der Waals surface area contributed by atoms with Crippen LogP contribution in [0.1, 0.15) is 66.9 Å². The molecule has 4 rings (SSSR count). The molecule has 1 aromatic heterocycles. The highest BCUT2D eigenvalue weighted by Gasteiger charge is 2.30. The molecule has 1 saturated carbocycles. The first-order valence-electron chi connectivity index (χ1n) is 10.8. The highest BCUT2D eigenvalue weighted by molar-refractivity contribution is 5.96. The molecule has 2 heterocycles. The van der Waals surface area contributed by atoms with E-state index in [9.17, 15) is 9.59 Å². The number of hydrogen-bond donors (Lipinski definition) is 1. The predicted octanol–water partition coefficient (Wildman–Crippen LogP) is 4.19. The van der Waals surface area contributed by atoms with Crippen LogP contribution in [-0.4, -0.2) is 39.6 Å². The van der Waals surface area contributed by atoms with Gasteiger partial charge in [-0.1, -0.05) is 37.0 Å². The summed E-state index contributed by atoms with van der Waals surface area (Å²) in [4.78, 5) is 27.6. The van der Waals surface area contributed by atoms with Crippen LogP contribution in [0.25, 0.3) is 0 Å². The maximum atomic E-state index is 13.0.